The first-order chi connectivity index (χ1) is 11.0. The van der Waals surface area contributed by atoms with Gasteiger partial charge in [0.25, 0.3) is 5.56 Å². The molecular formula is C17H13BrClN3O. The molecule has 6 heteroatoms. The largest absolute Gasteiger partial charge is 0.295 e. The Hall–Kier alpha value is -2.11. The predicted octanol–water partition coefficient (Wildman–Crippen LogP) is 4.64. The van der Waals surface area contributed by atoms with E-state index in [9.17, 15) is 4.79 Å². The Bertz CT molecular complexity index is 926. The second kappa shape index (κ2) is 6.56. The summed E-state index contributed by atoms with van der Waals surface area (Å²) in [6.45, 7) is 1.84. The standard InChI is InChI=1S/C17H13BrClN3O/c1-11-16(10-20-14-7-5-12(18)6-8-14)17(23)22(21-11)15-4-2-3-13(19)9-15/h2-10,21H,1H3. The van der Waals surface area contributed by atoms with Gasteiger partial charge in [-0.3, -0.25) is 14.9 Å². The van der Waals surface area contributed by atoms with Crippen LogP contribution >= 0.6 is 27.5 Å². The molecule has 0 aliphatic heterocycles. The maximum atomic E-state index is 12.6. The lowest BCUT2D eigenvalue weighted by Gasteiger charge is -2.01. The van der Waals surface area contributed by atoms with Gasteiger partial charge in [0.05, 0.1) is 16.9 Å². The van der Waals surface area contributed by atoms with Crippen LogP contribution < -0.4 is 5.56 Å². The Morgan fingerprint density at radius 1 is 1.22 bits per heavy atom. The molecule has 0 saturated carbocycles. The second-order valence-corrected chi connectivity index (χ2v) is 6.36. The van der Waals surface area contributed by atoms with E-state index in [0.29, 0.717) is 16.3 Å². The molecule has 0 saturated heterocycles. The number of nitrogens with one attached hydrogen (secondary N) is 1. The van der Waals surface area contributed by atoms with Gasteiger partial charge >= 0.3 is 0 Å². The second-order valence-electron chi connectivity index (χ2n) is 5.01. The van der Waals surface area contributed by atoms with E-state index in [2.05, 4.69) is 26.0 Å². The van der Waals surface area contributed by atoms with Gasteiger partial charge in [-0.05, 0) is 49.4 Å². The van der Waals surface area contributed by atoms with E-state index < -0.39 is 0 Å². The monoisotopic (exact) mass is 389 g/mol. The van der Waals surface area contributed by atoms with Crippen LogP contribution in [0.1, 0.15) is 11.3 Å². The maximum absolute atomic E-state index is 12.6. The van der Waals surface area contributed by atoms with E-state index in [1.165, 1.54) is 4.68 Å². The molecule has 2 aromatic carbocycles. The molecule has 1 N–H and O–H groups in total. The van der Waals surface area contributed by atoms with Crippen LogP contribution in [-0.2, 0) is 0 Å². The number of aliphatic imine (C=N–C) groups is 1. The number of aromatic amines is 1. The zero-order valence-electron chi connectivity index (χ0n) is 12.3. The van der Waals surface area contributed by atoms with Crippen molar-refractivity contribution < 1.29 is 0 Å². The van der Waals surface area contributed by atoms with Gasteiger partial charge in [0.2, 0.25) is 0 Å². The number of hydrogen-bond donors (Lipinski definition) is 1. The molecule has 0 unspecified atom stereocenters. The summed E-state index contributed by atoms with van der Waals surface area (Å²) in [4.78, 5) is 16.9. The van der Waals surface area contributed by atoms with Crippen molar-refractivity contribution in [3.8, 4) is 5.69 Å². The summed E-state index contributed by atoms with van der Waals surface area (Å²) in [5, 5.41) is 3.62. The third-order valence-electron chi connectivity index (χ3n) is 3.35. The number of nitrogens with zero attached hydrogens (tertiary/aromatic N) is 2. The summed E-state index contributed by atoms with van der Waals surface area (Å²) < 4.78 is 2.45. The molecule has 23 heavy (non-hydrogen) atoms. The summed E-state index contributed by atoms with van der Waals surface area (Å²) in [6.07, 6.45) is 1.58. The average molecular weight is 391 g/mol. The lowest BCUT2D eigenvalue weighted by molar-refractivity contribution is 0.835. The zero-order chi connectivity index (χ0) is 16.4. The molecule has 0 fully saturated rings. The van der Waals surface area contributed by atoms with Crippen molar-refractivity contribution in [3.05, 3.63) is 79.6 Å². The molecule has 1 heterocycles. The van der Waals surface area contributed by atoms with Gasteiger partial charge in [0.1, 0.15) is 0 Å². The number of rotatable bonds is 3. The van der Waals surface area contributed by atoms with Crippen LogP contribution in [0.5, 0.6) is 0 Å². The minimum absolute atomic E-state index is 0.161. The van der Waals surface area contributed by atoms with Crippen molar-refractivity contribution in [2.24, 2.45) is 4.99 Å². The van der Waals surface area contributed by atoms with Gasteiger partial charge in [0, 0.05) is 21.4 Å². The van der Waals surface area contributed by atoms with Crippen molar-refractivity contribution in [2.45, 2.75) is 6.92 Å². The summed E-state index contributed by atoms with van der Waals surface area (Å²) in [5.74, 6) is 0. The van der Waals surface area contributed by atoms with Crippen molar-refractivity contribution in [2.75, 3.05) is 0 Å². The molecule has 0 amide bonds. The lowest BCUT2D eigenvalue weighted by atomic mass is 10.2. The SMILES string of the molecule is Cc1[nH]n(-c2cccc(Cl)c2)c(=O)c1C=Nc1ccc(Br)cc1. The van der Waals surface area contributed by atoms with Gasteiger partial charge in [-0.2, -0.15) is 0 Å². The number of halogens is 2. The average Bonchev–Trinajstić information content (AvgIpc) is 2.82. The lowest BCUT2D eigenvalue weighted by Crippen LogP contribution is -2.17. The highest BCUT2D eigenvalue weighted by atomic mass is 79.9. The normalized spacial score (nSPS) is 11.3. The number of aromatic nitrogens is 2. The van der Waals surface area contributed by atoms with Crippen molar-refractivity contribution in [3.63, 3.8) is 0 Å². The molecule has 3 aromatic rings. The zero-order valence-corrected chi connectivity index (χ0v) is 14.6. The van der Waals surface area contributed by atoms with Crippen molar-refractivity contribution >= 4 is 39.4 Å². The summed E-state index contributed by atoms with van der Waals surface area (Å²) in [7, 11) is 0. The van der Waals surface area contributed by atoms with E-state index >= 15 is 0 Å². The van der Waals surface area contributed by atoms with Crippen LogP contribution in [0, 0.1) is 6.92 Å². The first kappa shape index (κ1) is 15.8. The fourth-order valence-corrected chi connectivity index (χ4v) is 2.62. The van der Waals surface area contributed by atoms with E-state index in [0.717, 1.165) is 15.9 Å². The van der Waals surface area contributed by atoms with Gasteiger partial charge in [-0.15, -0.1) is 0 Å². The summed E-state index contributed by atoms with van der Waals surface area (Å²) in [5.41, 5.74) is 2.57. The molecule has 0 bridgehead atoms. The molecular weight excluding hydrogens is 378 g/mol. The Morgan fingerprint density at radius 2 is 1.96 bits per heavy atom. The Balaban J connectivity index is 1.98. The highest BCUT2D eigenvalue weighted by Gasteiger charge is 2.10. The van der Waals surface area contributed by atoms with E-state index in [1.54, 1.807) is 24.4 Å². The van der Waals surface area contributed by atoms with Crippen LogP contribution in [0.4, 0.5) is 5.69 Å². The van der Waals surface area contributed by atoms with Gasteiger partial charge in [-0.1, -0.05) is 33.6 Å². The third kappa shape index (κ3) is 3.46. The topological polar surface area (TPSA) is 50.1 Å². The molecule has 1 aromatic heterocycles. The Morgan fingerprint density at radius 3 is 2.65 bits per heavy atom. The number of benzene rings is 2. The van der Waals surface area contributed by atoms with Crippen LogP contribution in [-0.4, -0.2) is 16.0 Å². The van der Waals surface area contributed by atoms with Gasteiger partial charge < -0.3 is 0 Å². The molecule has 116 valence electrons. The highest BCUT2D eigenvalue weighted by molar-refractivity contribution is 9.10. The highest BCUT2D eigenvalue weighted by Crippen LogP contribution is 2.17. The minimum atomic E-state index is -0.161. The van der Waals surface area contributed by atoms with Crippen LogP contribution in [0.15, 0.2) is 62.8 Å². The van der Waals surface area contributed by atoms with E-state index in [1.807, 2.05) is 37.3 Å². The van der Waals surface area contributed by atoms with Crippen molar-refractivity contribution in [1.29, 1.82) is 0 Å². The molecule has 0 radical (unpaired) electrons. The quantitative estimate of drug-likeness (QED) is 0.651. The molecule has 0 spiro atoms. The maximum Gasteiger partial charge on any atom is 0.280 e. The summed E-state index contributed by atoms with van der Waals surface area (Å²) >= 11 is 9.37. The third-order valence-corrected chi connectivity index (χ3v) is 4.12. The Kier molecular flexibility index (Phi) is 4.50. The fourth-order valence-electron chi connectivity index (χ4n) is 2.17. The van der Waals surface area contributed by atoms with Crippen LogP contribution in [0.2, 0.25) is 5.02 Å². The number of aryl methyl sites for hydroxylation is 1. The minimum Gasteiger partial charge on any atom is -0.295 e. The first-order valence-corrected chi connectivity index (χ1v) is 8.09. The van der Waals surface area contributed by atoms with E-state index in [-0.39, 0.29) is 5.56 Å². The molecule has 0 aliphatic rings. The van der Waals surface area contributed by atoms with E-state index in [4.69, 9.17) is 11.6 Å². The predicted molar refractivity (Wildman–Crippen MR) is 97.5 cm³/mol. The molecule has 0 aliphatic carbocycles. The molecule has 0 atom stereocenters. The first-order valence-electron chi connectivity index (χ1n) is 6.92. The van der Waals surface area contributed by atoms with Crippen molar-refractivity contribution in [1.82, 2.24) is 9.78 Å². The van der Waals surface area contributed by atoms with Gasteiger partial charge in [-0.25, -0.2) is 4.68 Å². The van der Waals surface area contributed by atoms with Crippen LogP contribution in [0.3, 0.4) is 0 Å². The summed E-state index contributed by atoms with van der Waals surface area (Å²) in [6, 6.07) is 14.7. The van der Waals surface area contributed by atoms with Crippen LogP contribution in [0.25, 0.3) is 5.69 Å². The molecule has 3 rings (SSSR count). The Labute approximate surface area is 146 Å². The fraction of sp³-hybridized carbons (Fsp3) is 0.0588. The molecule has 4 nitrogen and oxygen atoms in total. The number of H-pyrrole nitrogens is 1. The van der Waals surface area contributed by atoms with Gasteiger partial charge in [0.15, 0.2) is 0 Å². The smallest absolute Gasteiger partial charge is 0.280 e. The number of hydrogen-bond acceptors (Lipinski definition) is 2.